The van der Waals surface area contributed by atoms with Gasteiger partial charge in [-0.3, -0.25) is 0 Å². The molecular formula is C25H35N5. The second-order valence-electron chi connectivity index (χ2n) is 8.60. The first-order chi connectivity index (χ1) is 14.8. The molecule has 160 valence electrons. The summed E-state index contributed by atoms with van der Waals surface area (Å²) >= 11 is 0. The summed E-state index contributed by atoms with van der Waals surface area (Å²) in [6, 6.07) is 13.5. The Bertz CT molecular complexity index is 904. The lowest BCUT2D eigenvalue weighted by Crippen LogP contribution is -2.18. The van der Waals surface area contributed by atoms with Crippen molar-refractivity contribution in [2.45, 2.75) is 57.4 Å². The van der Waals surface area contributed by atoms with Crippen molar-refractivity contribution in [3.8, 4) is 0 Å². The van der Waals surface area contributed by atoms with Crippen LogP contribution in [0.1, 0.15) is 56.6 Å². The highest BCUT2D eigenvalue weighted by atomic mass is 15.1. The van der Waals surface area contributed by atoms with Crippen LogP contribution in [0.2, 0.25) is 0 Å². The molecule has 0 aliphatic heterocycles. The summed E-state index contributed by atoms with van der Waals surface area (Å²) < 4.78 is 2.38. The fraction of sp³-hybridized carbons (Fsp3) is 0.520. The van der Waals surface area contributed by atoms with E-state index in [-0.39, 0.29) is 0 Å². The number of hydrogen-bond acceptors (Lipinski definition) is 4. The van der Waals surface area contributed by atoms with Gasteiger partial charge in [0.15, 0.2) is 0 Å². The smallest absolute Gasteiger partial charge is 0.145 e. The summed E-state index contributed by atoms with van der Waals surface area (Å²) in [6.07, 6.45) is 14.3. The van der Waals surface area contributed by atoms with Crippen molar-refractivity contribution >= 4 is 16.9 Å². The zero-order valence-electron chi connectivity index (χ0n) is 18.2. The van der Waals surface area contributed by atoms with Crippen molar-refractivity contribution in [3.63, 3.8) is 0 Å². The van der Waals surface area contributed by atoms with Crippen molar-refractivity contribution in [2.75, 3.05) is 25.5 Å². The largest absolute Gasteiger partial charge is 0.372 e. The van der Waals surface area contributed by atoms with Gasteiger partial charge in [-0.15, -0.1) is 0 Å². The molecule has 1 aromatic carbocycles. The minimum Gasteiger partial charge on any atom is -0.372 e. The van der Waals surface area contributed by atoms with Crippen LogP contribution in [0.25, 0.3) is 11.0 Å². The third-order valence-corrected chi connectivity index (χ3v) is 6.55. The van der Waals surface area contributed by atoms with Crippen molar-refractivity contribution in [2.24, 2.45) is 5.92 Å². The third kappa shape index (κ3) is 5.20. The van der Waals surface area contributed by atoms with Crippen molar-refractivity contribution < 1.29 is 0 Å². The van der Waals surface area contributed by atoms with Crippen LogP contribution in [0.4, 0.5) is 5.82 Å². The minimum absolute atomic E-state index is 0.590. The third-order valence-electron chi connectivity index (χ3n) is 6.55. The van der Waals surface area contributed by atoms with E-state index in [0.29, 0.717) is 6.04 Å². The summed E-state index contributed by atoms with van der Waals surface area (Å²) in [7, 11) is 1.92. The molecule has 0 radical (unpaired) electrons. The van der Waals surface area contributed by atoms with E-state index in [9.17, 15) is 0 Å². The first-order valence-corrected chi connectivity index (χ1v) is 11.6. The number of nitrogens with zero attached hydrogens (tertiary/aromatic N) is 3. The monoisotopic (exact) mass is 405 g/mol. The maximum Gasteiger partial charge on any atom is 0.145 e. The predicted octanol–water partition coefficient (Wildman–Crippen LogP) is 5.21. The Kier molecular flexibility index (Phi) is 7.35. The van der Waals surface area contributed by atoms with Crippen LogP contribution < -0.4 is 10.6 Å². The van der Waals surface area contributed by atoms with Gasteiger partial charge in [0.1, 0.15) is 17.8 Å². The van der Waals surface area contributed by atoms with Gasteiger partial charge >= 0.3 is 0 Å². The zero-order valence-corrected chi connectivity index (χ0v) is 18.2. The molecule has 2 unspecified atom stereocenters. The molecule has 5 nitrogen and oxygen atoms in total. The lowest BCUT2D eigenvalue weighted by molar-refractivity contribution is 0.438. The second-order valence-corrected chi connectivity index (χ2v) is 8.60. The highest BCUT2D eigenvalue weighted by Gasteiger charge is 2.26. The molecule has 30 heavy (non-hydrogen) atoms. The first-order valence-electron chi connectivity index (χ1n) is 11.6. The highest BCUT2D eigenvalue weighted by molar-refractivity contribution is 5.87. The molecule has 1 saturated carbocycles. The van der Waals surface area contributed by atoms with Gasteiger partial charge in [-0.1, -0.05) is 49.6 Å². The summed E-state index contributed by atoms with van der Waals surface area (Å²) in [5, 5.41) is 7.90. The fourth-order valence-electron chi connectivity index (χ4n) is 4.89. The normalized spacial score (nSPS) is 18.8. The Labute approximate surface area is 180 Å². The van der Waals surface area contributed by atoms with Crippen LogP contribution in [0.15, 0.2) is 48.9 Å². The number of rotatable bonds is 11. The first kappa shape index (κ1) is 20.9. The van der Waals surface area contributed by atoms with Crippen molar-refractivity contribution in [3.05, 3.63) is 54.5 Å². The van der Waals surface area contributed by atoms with E-state index in [1.54, 1.807) is 6.33 Å². The second kappa shape index (κ2) is 10.6. The summed E-state index contributed by atoms with van der Waals surface area (Å²) in [5.41, 5.74) is 2.49. The quantitative estimate of drug-likeness (QED) is 0.430. The van der Waals surface area contributed by atoms with E-state index < -0.39 is 0 Å². The molecule has 4 rings (SSSR count). The van der Waals surface area contributed by atoms with Gasteiger partial charge in [0, 0.05) is 19.3 Å². The summed E-state index contributed by atoms with van der Waals surface area (Å²) in [5.74, 6) is 1.79. The SMILES string of the molecule is CNc1ncnc2c1ccn2C1CCC(CCCCCNCCc2ccccc2)C1. The van der Waals surface area contributed by atoms with Gasteiger partial charge in [-0.2, -0.15) is 0 Å². The van der Waals surface area contributed by atoms with E-state index in [1.807, 2.05) is 7.05 Å². The molecule has 1 aliphatic rings. The van der Waals surface area contributed by atoms with Gasteiger partial charge in [-0.25, -0.2) is 9.97 Å². The van der Waals surface area contributed by atoms with Gasteiger partial charge in [0.2, 0.25) is 0 Å². The molecule has 3 aromatic rings. The molecule has 2 atom stereocenters. The lowest BCUT2D eigenvalue weighted by Gasteiger charge is -2.14. The van der Waals surface area contributed by atoms with Crippen LogP contribution in [0, 0.1) is 5.92 Å². The van der Waals surface area contributed by atoms with Crippen LogP contribution in [-0.2, 0) is 6.42 Å². The zero-order chi connectivity index (χ0) is 20.6. The Morgan fingerprint density at radius 2 is 1.90 bits per heavy atom. The molecule has 1 fully saturated rings. The Hall–Kier alpha value is -2.40. The summed E-state index contributed by atoms with van der Waals surface area (Å²) in [6.45, 7) is 2.22. The van der Waals surface area contributed by atoms with E-state index in [4.69, 9.17) is 0 Å². The van der Waals surface area contributed by atoms with E-state index in [0.717, 1.165) is 42.3 Å². The molecule has 2 aromatic heterocycles. The molecule has 2 heterocycles. The maximum atomic E-state index is 4.55. The van der Waals surface area contributed by atoms with Gasteiger partial charge < -0.3 is 15.2 Å². The van der Waals surface area contributed by atoms with Crippen molar-refractivity contribution in [1.29, 1.82) is 0 Å². The van der Waals surface area contributed by atoms with Crippen molar-refractivity contribution in [1.82, 2.24) is 19.9 Å². The average Bonchev–Trinajstić information content (AvgIpc) is 3.43. The number of benzene rings is 1. The van der Waals surface area contributed by atoms with Crippen LogP contribution >= 0.6 is 0 Å². The highest BCUT2D eigenvalue weighted by Crippen LogP contribution is 2.39. The molecule has 0 spiro atoms. The number of hydrogen-bond donors (Lipinski definition) is 2. The molecule has 1 aliphatic carbocycles. The minimum atomic E-state index is 0.590. The Morgan fingerprint density at radius 1 is 1.00 bits per heavy atom. The molecule has 0 amide bonds. The molecule has 0 bridgehead atoms. The standard InChI is InChI=1S/C25H35N5/c1-26-24-23-14-17-30(25(23)29-19-28-24)22-12-11-21(18-22)10-6-3-7-15-27-16-13-20-8-4-2-5-9-20/h2,4-5,8-9,14,17,19,21-22,27H,3,6-7,10-13,15-16,18H2,1H3,(H,26,28,29). The Morgan fingerprint density at radius 3 is 2.77 bits per heavy atom. The number of nitrogens with one attached hydrogen (secondary N) is 2. The fourth-order valence-corrected chi connectivity index (χ4v) is 4.89. The topological polar surface area (TPSA) is 54.8 Å². The average molecular weight is 406 g/mol. The Balaban J connectivity index is 1.12. The number of aromatic nitrogens is 3. The van der Waals surface area contributed by atoms with Crippen LogP contribution in [0.5, 0.6) is 0 Å². The number of fused-ring (bicyclic) bond motifs is 1. The molecular weight excluding hydrogens is 370 g/mol. The maximum absolute atomic E-state index is 4.55. The number of unbranched alkanes of at least 4 members (excludes halogenated alkanes) is 2. The van der Waals surface area contributed by atoms with E-state index in [2.05, 4.69) is 67.8 Å². The van der Waals surface area contributed by atoms with Crippen LogP contribution in [-0.4, -0.2) is 34.7 Å². The predicted molar refractivity (Wildman–Crippen MR) is 125 cm³/mol. The summed E-state index contributed by atoms with van der Waals surface area (Å²) in [4.78, 5) is 8.89. The lowest BCUT2D eigenvalue weighted by atomic mass is 9.99. The molecule has 5 heteroatoms. The molecule has 2 N–H and O–H groups in total. The van der Waals surface area contributed by atoms with E-state index >= 15 is 0 Å². The van der Waals surface area contributed by atoms with Crippen LogP contribution in [0.3, 0.4) is 0 Å². The van der Waals surface area contributed by atoms with Gasteiger partial charge in [-0.05, 0) is 62.7 Å². The molecule has 0 saturated heterocycles. The van der Waals surface area contributed by atoms with Gasteiger partial charge in [0.25, 0.3) is 0 Å². The van der Waals surface area contributed by atoms with Gasteiger partial charge in [0.05, 0.1) is 5.39 Å². The number of anilines is 1. The van der Waals surface area contributed by atoms with E-state index in [1.165, 1.54) is 50.5 Å².